The number of benzene rings is 1. The van der Waals surface area contributed by atoms with Crippen LogP contribution < -0.4 is 10.1 Å². The average Bonchev–Trinajstić information content (AvgIpc) is 2.77. The van der Waals surface area contributed by atoms with Gasteiger partial charge in [-0.05, 0) is 31.5 Å². The van der Waals surface area contributed by atoms with Crippen molar-refractivity contribution in [2.45, 2.75) is 33.2 Å². The largest absolute Gasteiger partial charge is 0.573 e. The van der Waals surface area contributed by atoms with Crippen molar-refractivity contribution in [2.75, 3.05) is 0 Å². The Morgan fingerprint density at radius 3 is 2.43 bits per heavy atom. The molecule has 5 nitrogen and oxygen atoms in total. The van der Waals surface area contributed by atoms with Crippen molar-refractivity contribution in [1.29, 1.82) is 0 Å². The molecular formula is C15H15F3N2O3. The fourth-order valence-corrected chi connectivity index (χ4v) is 1.99. The molecule has 1 heterocycles. The van der Waals surface area contributed by atoms with Gasteiger partial charge in [-0.3, -0.25) is 4.79 Å². The highest BCUT2D eigenvalue weighted by Gasteiger charge is 2.30. The van der Waals surface area contributed by atoms with Crippen LogP contribution in [0, 0.1) is 13.8 Å². The number of carbonyl (C=O) groups excluding carboxylic acids is 1. The van der Waals surface area contributed by atoms with E-state index in [0.717, 1.165) is 5.56 Å². The van der Waals surface area contributed by atoms with Gasteiger partial charge in [0.2, 0.25) is 5.91 Å². The van der Waals surface area contributed by atoms with Crippen LogP contribution in [-0.2, 0) is 17.8 Å². The summed E-state index contributed by atoms with van der Waals surface area (Å²) in [6.07, 6.45) is -4.58. The van der Waals surface area contributed by atoms with E-state index in [9.17, 15) is 18.0 Å². The van der Waals surface area contributed by atoms with Gasteiger partial charge in [0.1, 0.15) is 11.5 Å². The van der Waals surface area contributed by atoms with Crippen LogP contribution in [0.3, 0.4) is 0 Å². The second-order valence-corrected chi connectivity index (χ2v) is 4.95. The Labute approximate surface area is 130 Å². The van der Waals surface area contributed by atoms with Crippen molar-refractivity contribution in [3.63, 3.8) is 0 Å². The van der Waals surface area contributed by atoms with Gasteiger partial charge in [0.05, 0.1) is 12.1 Å². The second kappa shape index (κ2) is 6.72. The predicted octanol–water partition coefficient (Wildman–Crippen LogP) is 3.05. The Balaban J connectivity index is 1.87. The van der Waals surface area contributed by atoms with Gasteiger partial charge in [-0.2, -0.15) is 0 Å². The van der Waals surface area contributed by atoms with E-state index in [1.807, 2.05) is 0 Å². The van der Waals surface area contributed by atoms with Crippen LogP contribution in [-0.4, -0.2) is 17.4 Å². The van der Waals surface area contributed by atoms with E-state index in [2.05, 4.69) is 15.2 Å². The summed E-state index contributed by atoms with van der Waals surface area (Å²) >= 11 is 0. The molecule has 0 atom stereocenters. The number of hydrogen-bond acceptors (Lipinski definition) is 4. The first-order chi connectivity index (χ1) is 10.7. The molecule has 0 saturated heterocycles. The van der Waals surface area contributed by atoms with Crippen molar-refractivity contribution in [1.82, 2.24) is 10.5 Å². The molecule has 0 aliphatic carbocycles. The molecule has 0 aliphatic heterocycles. The number of nitrogens with one attached hydrogen (secondary N) is 1. The normalized spacial score (nSPS) is 11.3. The minimum absolute atomic E-state index is 0.135. The number of alkyl halides is 3. The van der Waals surface area contributed by atoms with Crippen molar-refractivity contribution >= 4 is 5.91 Å². The molecule has 0 spiro atoms. The Morgan fingerprint density at radius 1 is 1.26 bits per heavy atom. The summed E-state index contributed by atoms with van der Waals surface area (Å²) in [4.78, 5) is 11.9. The lowest BCUT2D eigenvalue weighted by Gasteiger charge is -2.09. The summed E-state index contributed by atoms with van der Waals surface area (Å²) in [5.41, 5.74) is 2.05. The quantitative estimate of drug-likeness (QED) is 0.916. The van der Waals surface area contributed by atoms with Gasteiger partial charge in [0, 0.05) is 12.1 Å². The minimum atomic E-state index is -4.72. The highest BCUT2D eigenvalue weighted by molar-refractivity contribution is 5.78. The monoisotopic (exact) mass is 328 g/mol. The van der Waals surface area contributed by atoms with Crippen LogP contribution in [0.4, 0.5) is 13.2 Å². The maximum Gasteiger partial charge on any atom is 0.573 e. The summed E-state index contributed by atoms with van der Waals surface area (Å²) in [6.45, 7) is 3.68. The van der Waals surface area contributed by atoms with Gasteiger partial charge in [-0.25, -0.2) is 0 Å². The smallest absolute Gasteiger partial charge is 0.406 e. The van der Waals surface area contributed by atoms with E-state index in [4.69, 9.17) is 4.52 Å². The number of ether oxygens (including phenoxy) is 1. The van der Waals surface area contributed by atoms with Gasteiger partial charge < -0.3 is 14.6 Å². The zero-order chi connectivity index (χ0) is 17.0. The number of hydrogen-bond donors (Lipinski definition) is 1. The van der Waals surface area contributed by atoms with Crippen LogP contribution in [0.15, 0.2) is 28.8 Å². The molecule has 8 heteroatoms. The molecule has 124 valence electrons. The average molecular weight is 328 g/mol. The highest BCUT2D eigenvalue weighted by atomic mass is 19.4. The molecular weight excluding hydrogens is 313 g/mol. The fourth-order valence-electron chi connectivity index (χ4n) is 1.99. The van der Waals surface area contributed by atoms with E-state index >= 15 is 0 Å². The molecule has 0 fully saturated rings. The maximum absolute atomic E-state index is 12.0. The zero-order valence-corrected chi connectivity index (χ0v) is 12.5. The Bertz CT molecular complexity index is 659. The van der Waals surface area contributed by atoms with Gasteiger partial charge >= 0.3 is 6.36 Å². The first kappa shape index (κ1) is 16.9. The molecule has 0 unspecified atom stereocenters. The summed E-state index contributed by atoms with van der Waals surface area (Å²) in [5, 5.41) is 6.45. The number of amides is 1. The molecule has 0 aliphatic rings. The van der Waals surface area contributed by atoms with Gasteiger partial charge in [0.25, 0.3) is 0 Å². The number of rotatable bonds is 5. The molecule has 0 bridgehead atoms. The van der Waals surface area contributed by atoms with Crippen LogP contribution in [0.5, 0.6) is 5.75 Å². The fraction of sp³-hybridized carbons (Fsp3) is 0.333. The zero-order valence-electron chi connectivity index (χ0n) is 12.5. The summed E-state index contributed by atoms with van der Waals surface area (Å²) in [6, 6.07) is 5.31. The molecule has 1 N–H and O–H groups in total. The number of halogens is 3. The Morgan fingerprint density at radius 2 is 1.91 bits per heavy atom. The van der Waals surface area contributed by atoms with Gasteiger partial charge in [-0.1, -0.05) is 17.3 Å². The van der Waals surface area contributed by atoms with E-state index in [1.54, 1.807) is 13.8 Å². The third kappa shape index (κ3) is 5.01. The summed E-state index contributed by atoms with van der Waals surface area (Å²) in [5.74, 6) is 0.0598. The van der Waals surface area contributed by atoms with Crippen LogP contribution >= 0.6 is 0 Å². The number of aromatic nitrogens is 1. The Hall–Kier alpha value is -2.51. The number of carbonyl (C=O) groups is 1. The first-order valence-corrected chi connectivity index (χ1v) is 6.78. The minimum Gasteiger partial charge on any atom is -0.406 e. The van der Waals surface area contributed by atoms with E-state index < -0.39 is 6.36 Å². The highest BCUT2D eigenvalue weighted by Crippen LogP contribution is 2.22. The molecule has 1 aromatic heterocycles. The van der Waals surface area contributed by atoms with Crippen molar-refractivity contribution in [3.05, 3.63) is 46.8 Å². The lowest BCUT2D eigenvalue weighted by molar-refractivity contribution is -0.274. The third-order valence-electron chi connectivity index (χ3n) is 3.17. The number of aryl methyl sites for hydroxylation is 2. The van der Waals surface area contributed by atoms with E-state index in [1.165, 1.54) is 24.3 Å². The van der Waals surface area contributed by atoms with Crippen molar-refractivity contribution < 1.29 is 27.2 Å². The maximum atomic E-state index is 12.0. The van der Waals surface area contributed by atoms with E-state index in [0.29, 0.717) is 17.0 Å². The predicted molar refractivity (Wildman–Crippen MR) is 74.7 cm³/mol. The lowest BCUT2D eigenvalue weighted by Crippen LogP contribution is -2.25. The van der Waals surface area contributed by atoms with Crippen LogP contribution in [0.1, 0.15) is 22.6 Å². The van der Waals surface area contributed by atoms with Gasteiger partial charge in [0.15, 0.2) is 0 Å². The summed E-state index contributed by atoms with van der Waals surface area (Å²) < 4.78 is 44.9. The molecule has 0 radical (unpaired) electrons. The molecule has 1 aromatic carbocycles. The van der Waals surface area contributed by atoms with Gasteiger partial charge in [-0.15, -0.1) is 13.2 Å². The molecule has 1 amide bonds. The second-order valence-electron chi connectivity index (χ2n) is 4.95. The summed E-state index contributed by atoms with van der Waals surface area (Å²) in [7, 11) is 0. The standard InChI is InChI=1S/C15H15F3N2O3/c1-9-13(10(2)23-20-9)7-14(21)19-8-11-3-5-12(6-4-11)22-15(16,17)18/h3-6H,7-8H2,1-2H3,(H,19,21). The van der Waals surface area contributed by atoms with E-state index in [-0.39, 0.29) is 24.6 Å². The van der Waals surface area contributed by atoms with Crippen molar-refractivity contribution in [2.24, 2.45) is 0 Å². The van der Waals surface area contributed by atoms with Crippen LogP contribution in [0.2, 0.25) is 0 Å². The first-order valence-electron chi connectivity index (χ1n) is 6.78. The third-order valence-corrected chi connectivity index (χ3v) is 3.17. The number of nitrogens with zero attached hydrogens (tertiary/aromatic N) is 1. The topological polar surface area (TPSA) is 64.4 Å². The van der Waals surface area contributed by atoms with Crippen LogP contribution in [0.25, 0.3) is 0 Å². The molecule has 23 heavy (non-hydrogen) atoms. The molecule has 2 rings (SSSR count). The lowest BCUT2D eigenvalue weighted by atomic mass is 10.1. The molecule has 0 saturated carbocycles. The SMILES string of the molecule is Cc1noc(C)c1CC(=O)NCc1ccc(OC(F)(F)F)cc1. The van der Waals surface area contributed by atoms with Crippen molar-refractivity contribution in [3.8, 4) is 5.75 Å². The molecule has 2 aromatic rings. The Kier molecular flexibility index (Phi) is 4.92.